The lowest BCUT2D eigenvalue weighted by Gasteiger charge is -2.56. The zero-order chi connectivity index (χ0) is 13.7. The maximum Gasteiger partial charge on any atom is 0.128 e. The highest BCUT2D eigenvalue weighted by Gasteiger charge is 2.49. The molecule has 3 heteroatoms. The predicted octanol–water partition coefficient (Wildman–Crippen LogP) is 2.80. The molecule has 0 aromatic carbocycles. The van der Waals surface area contributed by atoms with E-state index in [0.717, 1.165) is 41.1 Å². The fourth-order valence-corrected chi connectivity index (χ4v) is 5.43. The molecule has 0 radical (unpaired) electrons. The van der Waals surface area contributed by atoms with Gasteiger partial charge >= 0.3 is 0 Å². The summed E-state index contributed by atoms with van der Waals surface area (Å²) in [6.07, 6.45) is 9.30. The van der Waals surface area contributed by atoms with Crippen molar-refractivity contribution in [3.8, 4) is 0 Å². The van der Waals surface area contributed by atoms with E-state index in [-0.39, 0.29) is 0 Å². The second-order valence-electron chi connectivity index (χ2n) is 7.26. The van der Waals surface area contributed by atoms with E-state index in [1.54, 1.807) is 0 Å². The monoisotopic (exact) mass is 271 g/mol. The Bertz CT molecular complexity index is 454. The van der Waals surface area contributed by atoms with Crippen molar-refractivity contribution < 1.29 is 0 Å². The smallest absolute Gasteiger partial charge is 0.128 e. The molecule has 0 atom stereocenters. The van der Waals surface area contributed by atoms with Crippen molar-refractivity contribution in [2.45, 2.75) is 44.7 Å². The molecule has 0 saturated heterocycles. The predicted molar refractivity (Wildman–Crippen MR) is 81.4 cm³/mol. The molecule has 0 unspecified atom stereocenters. The molecular weight excluding hydrogens is 246 g/mol. The molecule has 4 aliphatic carbocycles. The third-order valence-electron chi connectivity index (χ3n) is 6.03. The molecule has 108 valence electrons. The molecule has 20 heavy (non-hydrogen) atoms. The van der Waals surface area contributed by atoms with Crippen LogP contribution in [-0.2, 0) is 6.54 Å². The van der Waals surface area contributed by atoms with Gasteiger partial charge in [-0.1, -0.05) is 6.07 Å². The molecule has 4 bridgehead atoms. The number of hydrogen-bond acceptors (Lipinski definition) is 3. The third-order valence-corrected chi connectivity index (χ3v) is 6.03. The van der Waals surface area contributed by atoms with Crippen LogP contribution < -0.4 is 10.6 Å². The fourth-order valence-electron chi connectivity index (χ4n) is 5.43. The molecule has 3 nitrogen and oxygen atoms in total. The maximum absolute atomic E-state index is 5.66. The number of rotatable bonds is 3. The van der Waals surface area contributed by atoms with Crippen molar-refractivity contribution in [3.63, 3.8) is 0 Å². The Labute approximate surface area is 121 Å². The first kappa shape index (κ1) is 12.6. The Morgan fingerprint density at radius 3 is 2.25 bits per heavy atom. The molecule has 0 amide bonds. The molecule has 0 aliphatic heterocycles. The average molecular weight is 271 g/mol. The first-order valence-corrected chi connectivity index (χ1v) is 8.12. The van der Waals surface area contributed by atoms with Crippen molar-refractivity contribution >= 4 is 5.82 Å². The van der Waals surface area contributed by atoms with Crippen molar-refractivity contribution in [2.75, 3.05) is 11.9 Å². The zero-order valence-electron chi connectivity index (χ0n) is 12.3. The van der Waals surface area contributed by atoms with E-state index in [0.29, 0.717) is 6.54 Å². The summed E-state index contributed by atoms with van der Waals surface area (Å²) in [7, 11) is 2.25. The van der Waals surface area contributed by atoms with Gasteiger partial charge in [-0.25, -0.2) is 4.98 Å². The SMILES string of the molecule is CN(c1ccc(CN)cn1)C1C2CC3CC(C2)CC1C3. The van der Waals surface area contributed by atoms with Gasteiger partial charge in [-0.15, -0.1) is 0 Å². The first-order chi connectivity index (χ1) is 9.74. The van der Waals surface area contributed by atoms with Crippen LogP contribution in [0.4, 0.5) is 5.82 Å². The van der Waals surface area contributed by atoms with Crippen molar-refractivity contribution in [2.24, 2.45) is 29.4 Å². The van der Waals surface area contributed by atoms with Gasteiger partial charge in [0.15, 0.2) is 0 Å². The summed E-state index contributed by atoms with van der Waals surface area (Å²) >= 11 is 0. The maximum atomic E-state index is 5.66. The molecule has 1 aromatic rings. The summed E-state index contributed by atoms with van der Waals surface area (Å²) in [5.41, 5.74) is 6.78. The van der Waals surface area contributed by atoms with Crippen molar-refractivity contribution in [1.29, 1.82) is 0 Å². The molecule has 1 heterocycles. The van der Waals surface area contributed by atoms with Gasteiger partial charge in [-0.05, 0) is 67.4 Å². The van der Waals surface area contributed by atoms with Crippen LogP contribution >= 0.6 is 0 Å². The van der Waals surface area contributed by atoms with E-state index in [2.05, 4.69) is 29.1 Å². The van der Waals surface area contributed by atoms with Crippen LogP contribution in [0, 0.1) is 23.7 Å². The molecule has 4 saturated carbocycles. The molecule has 4 aliphatic rings. The van der Waals surface area contributed by atoms with Gasteiger partial charge in [-0.2, -0.15) is 0 Å². The minimum atomic E-state index is 0.578. The topological polar surface area (TPSA) is 42.1 Å². The quantitative estimate of drug-likeness (QED) is 0.919. The summed E-state index contributed by atoms with van der Waals surface area (Å²) < 4.78 is 0. The van der Waals surface area contributed by atoms with Gasteiger partial charge in [0.25, 0.3) is 0 Å². The highest BCUT2D eigenvalue weighted by atomic mass is 15.2. The lowest BCUT2D eigenvalue weighted by molar-refractivity contribution is -0.00142. The Morgan fingerprint density at radius 1 is 1.10 bits per heavy atom. The van der Waals surface area contributed by atoms with E-state index in [9.17, 15) is 0 Å². The third kappa shape index (κ3) is 1.95. The Kier molecular flexibility index (Phi) is 2.99. The van der Waals surface area contributed by atoms with Crippen LogP contribution in [0.25, 0.3) is 0 Å². The van der Waals surface area contributed by atoms with Gasteiger partial charge in [0.2, 0.25) is 0 Å². The highest BCUT2D eigenvalue weighted by Crippen LogP contribution is 2.55. The van der Waals surface area contributed by atoms with Crippen LogP contribution in [0.2, 0.25) is 0 Å². The van der Waals surface area contributed by atoms with E-state index < -0.39 is 0 Å². The number of aromatic nitrogens is 1. The summed E-state index contributed by atoms with van der Waals surface area (Å²) in [6.45, 7) is 0.578. The van der Waals surface area contributed by atoms with Gasteiger partial charge < -0.3 is 10.6 Å². The van der Waals surface area contributed by atoms with Gasteiger partial charge in [-0.3, -0.25) is 0 Å². The highest BCUT2D eigenvalue weighted by molar-refractivity contribution is 5.40. The number of anilines is 1. The summed E-state index contributed by atoms with van der Waals surface area (Å²) in [4.78, 5) is 7.09. The van der Waals surface area contributed by atoms with E-state index >= 15 is 0 Å². The number of pyridine rings is 1. The van der Waals surface area contributed by atoms with E-state index in [1.165, 1.54) is 32.1 Å². The minimum absolute atomic E-state index is 0.578. The number of nitrogens with two attached hydrogens (primary N) is 1. The minimum Gasteiger partial charge on any atom is -0.356 e. The molecule has 2 N–H and O–H groups in total. The van der Waals surface area contributed by atoms with Crippen LogP contribution in [0.1, 0.15) is 37.7 Å². The molecule has 4 fully saturated rings. The summed E-state index contributed by atoms with van der Waals surface area (Å²) in [5, 5.41) is 0. The van der Waals surface area contributed by atoms with Crippen LogP contribution in [0.15, 0.2) is 18.3 Å². The molecular formula is C17H25N3. The lowest BCUT2D eigenvalue weighted by atomic mass is 9.54. The van der Waals surface area contributed by atoms with E-state index in [1.807, 2.05) is 6.20 Å². The largest absolute Gasteiger partial charge is 0.356 e. The van der Waals surface area contributed by atoms with Crippen molar-refractivity contribution in [3.05, 3.63) is 23.9 Å². The fraction of sp³-hybridized carbons (Fsp3) is 0.706. The standard InChI is InChI=1S/C17H25N3/c1-20(16-3-2-11(9-18)10-19-16)17-14-5-12-4-13(7-14)8-15(17)6-12/h2-3,10,12-15,17H,4-9,18H2,1H3. The number of nitrogens with zero attached hydrogens (tertiary/aromatic N) is 2. The second-order valence-corrected chi connectivity index (χ2v) is 7.26. The first-order valence-electron chi connectivity index (χ1n) is 8.12. The van der Waals surface area contributed by atoms with E-state index in [4.69, 9.17) is 5.73 Å². The zero-order valence-corrected chi connectivity index (χ0v) is 12.3. The lowest BCUT2D eigenvalue weighted by Crippen LogP contribution is -2.55. The molecule has 1 aromatic heterocycles. The van der Waals surface area contributed by atoms with Crippen LogP contribution in [-0.4, -0.2) is 18.1 Å². The Hall–Kier alpha value is -1.09. The normalized spacial score (nSPS) is 38.2. The molecule has 0 spiro atoms. The second kappa shape index (κ2) is 4.73. The summed E-state index contributed by atoms with van der Waals surface area (Å²) in [5.74, 6) is 5.02. The number of hydrogen-bond donors (Lipinski definition) is 1. The summed E-state index contributed by atoms with van der Waals surface area (Å²) in [6, 6.07) is 4.99. The molecule has 5 rings (SSSR count). The Morgan fingerprint density at radius 2 is 1.75 bits per heavy atom. The van der Waals surface area contributed by atoms with Crippen LogP contribution in [0.5, 0.6) is 0 Å². The average Bonchev–Trinajstić information content (AvgIpc) is 2.46. The van der Waals surface area contributed by atoms with Gasteiger partial charge in [0, 0.05) is 25.8 Å². The van der Waals surface area contributed by atoms with Gasteiger partial charge in [0.05, 0.1) is 0 Å². The van der Waals surface area contributed by atoms with Gasteiger partial charge in [0.1, 0.15) is 5.82 Å². The van der Waals surface area contributed by atoms with Crippen LogP contribution in [0.3, 0.4) is 0 Å². The van der Waals surface area contributed by atoms with Crippen molar-refractivity contribution in [1.82, 2.24) is 4.98 Å². The Balaban J connectivity index is 1.57.